The molecule has 0 bridgehead atoms. The Balaban J connectivity index is 1.56. The second kappa shape index (κ2) is 11.3. The van der Waals surface area contributed by atoms with Gasteiger partial charge in [-0.2, -0.15) is 0 Å². The van der Waals surface area contributed by atoms with Gasteiger partial charge in [-0.05, 0) is 46.1 Å². The first kappa shape index (κ1) is 26.1. The van der Waals surface area contributed by atoms with Crippen molar-refractivity contribution in [2.45, 2.75) is 76.5 Å². The fraction of sp³-hybridized carbons (Fsp3) is 0.556. The van der Waals surface area contributed by atoms with Gasteiger partial charge in [0, 0.05) is 20.1 Å². The van der Waals surface area contributed by atoms with Gasteiger partial charge >= 0.3 is 11.9 Å². The molecule has 0 aromatic carbocycles. The van der Waals surface area contributed by atoms with Crippen LogP contribution in [-0.2, 0) is 33.3 Å². The molecule has 2 aliphatic heterocycles. The number of carbonyl (C=O) groups is 2. The molecule has 7 heteroatoms. The predicted molar refractivity (Wildman–Crippen MR) is 128 cm³/mol. The maximum Gasteiger partial charge on any atom is 0.331 e. The van der Waals surface area contributed by atoms with Crippen molar-refractivity contribution in [3.8, 4) is 0 Å². The average molecular weight is 473 g/mol. The smallest absolute Gasteiger partial charge is 0.331 e. The van der Waals surface area contributed by atoms with Gasteiger partial charge in [-0.15, -0.1) is 0 Å². The first-order valence-electron chi connectivity index (χ1n) is 11.7. The molecule has 0 N–H and O–H groups in total. The third kappa shape index (κ3) is 6.56. The van der Waals surface area contributed by atoms with Crippen LogP contribution in [0, 0.1) is 5.92 Å². The Hall–Kier alpha value is -2.48. The number of carbonyl (C=O) groups excluding carboxylic acids is 2. The summed E-state index contributed by atoms with van der Waals surface area (Å²) in [5.74, 6) is -0.783. The van der Waals surface area contributed by atoms with Gasteiger partial charge in [0.2, 0.25) is 0 Å². The van der Waals surface area contributed by atoms with Crippen LogP contribution in [0.3, 0.4) is 0 Å². The summed E-state index contributed by atoms with van der Waals surface area (Å²) in [5, 5.41) is 0. The van der Waals surface area contributed by atoms with Crippen molar-refractivity contribution >= 4 is 11.9 Å². The summed E-state index contributed by atoms with van der Waals surface area (Å²) in [7, 11) is 1.66. The molecule has 0 aromatic rings. The molecule has 3 aliphatic rings. The van der Waals surface area contributed by atoms with Crippen molar-refractivity contribution in [3.63, 3.8) is 0 Å². The molecule has 34 heavy (non-hydrogen) atoms. The van der Waals surface area contributed by atoms with Crippen molar-refractivity contribution < 1.29 is 33.3 Å². The topological polar surface area (TPSA) is 86.9 Å². The lowest BCUT2D eigenvalue weighted by atomic mass is 9.68. The Morgan fingerprint density at radius 3 is 2.35 bits per heavy atom. The quantitative estimate of drug-likeness (QED) is 0.117. The normalized spacial score (nSPS) is 34.9. The number of hydrogen-bond donors (Lipinski definition) is 0. The lowest BCUT2D eigenvalue weighted by Gasteiger charge is -2.42. The van der Waals surface area contributed by atoms with E-state index < -0.39 is 5.97 Å². The molecule has 3 rings (SSSR count). The van der Waals surface area contributed by atoms with E-state index in [1.807, 2.05) is 0 Å². The lowest BCUT2D eigenvalue weighted by Crippen LogP contribution is -2.55. The molecular weight excluding hydrogens is 436 g/mol. The Labute approximate surface area is 202 Å². The minimum absolute atomic E-state index is 0.00108. The summed E-state index contributed by atoms with van der Waals surface area (Å²) in [6, 6.07) is 0. The molecule has 7 nitrogen and oxygen atoms in total. The zero-order chi connectivity index (χ0) is 24.8. The van der Waals surface area contributed by atoms with Gasteiger partial charge in [0.25, 0.3) is 0 Å². The van der Waals surface area contributed by atoms with Crippen LogP contribution in [0.1, 0.15) is 47.0 Å². The zero-order valence-corrected chi connectivity index (χ0v) is 20.7. The van der Waals surface area contributed by atoms with Crippen LogP contribution in [0.4, 0.5) is 0 Å². The maximum atomic E-state index is 12.5. The van der Waals surface area contributed by atoms with E-state index in [1.54, 1.807) is 43.6 Å². The van der Waals surface area contributed by atoms with Crippen LogP contribution in [0.15, 0.2) is 60.4 Å². The van der Waals surface area contributed by atoms with E-state index in [2.05, 4.69) is 31.6 Å². The SMILES string of the molecule is CO[C@H]1[C@H](C2(C)O[C@@H]2CC=C(C)C)[C@]2(CC[C@H]1OC(=O)/C=C/C=C/C=C/C=C/OC(C)=O)CO2. The molecule has 3 fully saturated rings. The van der Waals surface area contributed by atoms with Gasteiger partial charge in [-0.25, -0.2) is 4.79 Å². The second-order valence-electron chi connectivity index (χ2n) is 9.42. The average Bonchev–Trinajstić information content (AvgIpc) is 3.69. The molecule has 2 saturated heterocycles. The zero-order valence-electron chi connectivity index (χ0n) is 20.7. The van der Waals surface area contributed by atoms with E-state index >= 15 is 0 Å². The van der Waals surface area contributed by atoms with E-state index in [1.165, 1.54) is 24.8 Å². The van der Waals surface area contributed by atoms with Crippen molar-refractivity contribution in [3.05, 3.63) is 60.4 Å². The summed E-state index contributed by atoms with van der Waals surface area (Å²) in [6.07, 6.45) is 16.9. The maximum absolute atomic E-state index is 12.5. The van der Waals surface area contributed by atoms with Crippen molar-refractivity contribution in [2.24, 2.45) is 5.92 Å². The van der Waals surface area contributed by atoms with E-state index in [0.29, 0.717) is 13.0 Å². The third-order valence-corrected chi connectivity index (χ3v) is 6.61. The molecule has 0 radical (unpaired) electrons. The van der Waals surface area contributed by atoms with E-state index in [-0.39, 0.29) is 41.4 Å². The van der Waals surface area contributed by atoms with E-state index in [9.17, 15) is 9.59 Å². The molecule has 1 spiro atoms. The third-order valence-electron chi connectivity index (χ3n) is 6.61. The van der Waals surface area contributed by atoms with E-state index in [4.69, 9.17) is 18.9 Å². The van der Waals surface area contributed by atoms with Gasteiger partial charge in [-0.1, -0.05) is 42.0 Å². The number of epoxide rings is 2. The molecule has 6 atom stereocenters. The van der Waals surface area contributed by atoms with Crippen molar-refractivity contribution in [1.82, 2.24) is 0 Å². The Morgan fingerprint density at radius 2 is 1.74 bits per heavy atom. The number of esters is 2. The first-order valence-corrected chi connectivity index (χ1v) is 11.7. The van der Waals surface area contributed by atoms with Crippen LogP contribution < -0.4 is 0 Å². The van der Waals surface area contributed by atoms with Crippen LogP contribution in [-0.4, -0.2) is 55.2 Å². The van der Waals surface area contributed by atoms with Gasteiger partial charge < -0.3 is 23.7 Å². The van der Waals surface area contributed by atoms with Gasteiger partial charge in [0.05, 0.1) is 24.9 Å². The number of methoxy groups -OCH3 is 1. The Kier molecular flexibility index (Phi) is 8.68. The number of ether oxygens (including phenoxy) is 5. The van der Waals surface area contributed by atoms with Crippen molar-refractivity contribution in [2.75, 3.05) is 13.7 Å². The summed E-state index contributed by atoms with van der Waals surface area (Å²) >= 11 is 0. The highest BCUT2D eigenvalue weighted by molar-refractivity contribution is 5.82. The predicted octanol–water partition coefficient (Wildman–Crippen LogP) is 4.35. The summed E-state index contributed by atoms with van der Waals surface area (Å²) in [6.45, 7) is 8.32. The van der Waals surface area contributed by atoms with Gasteiger partial charge in [-0.3, -0.25) is 4.79 Å². The van der Waals surface area contributed by atoms with Crippen LogP contribution >= 0.6 is 0 Å². The molecule has 1 saturated carbocycles. The summed E-state index contributed by atoms with van der Waals surface area (Å²) < 4.78 is 28.5. The monoisotopic (exact) mass is 472 g/mol. The highest BCUT2D eigenvalue weighted by Gasteiger charge is 2.72. The molecule has 2 heterocycles. The van der Waals surface area contributed by atoms with Gasteiger partial charge in [0.1, 0.15) is 23.4 Å². The largest absolute Gasteiger partial charge is 0.456 e. The molecular formula is C27H36O7. The Bertz CT molecular complexity index is 889. The number of allylic oxidation sites excluding steroid dienone is 7. The van der Waals surface area contributed by atoms with Crippen LogP contribution in [0.2, 0.25) is 0 Å². The fourth-order valence-electron chi connectivity index (χ4n) is 4.83. The van der Waals surface area contributed by atoms with Crippen LogP contribution in [0.5, 0.6) is 0 Å². The molecule has 1 unspecified atom stereocenters. The van der Waals surface area contributed by atoms with Crippen LogP contribution in [0.25, 0.3) is 0 Å². The number of hydrogen-bond acceptors (Lipinski definition) is 7. The lowest BCUT2D eigenvalue weighted by molar-refractivity contribution is -0.166. The highest BCUT2D eigenvalue weighted by atomic mass is 16.6. The fourth-order valence-corrected chi connectivity index (χ4v) is 4.83. The first-order chi connectivity index (χ1) is 16.2. The molecule has 186 valence electrons. The molecule has 0 amide bonds. The second-order valence-corrected chi connectivity index (χ2v) is 9.42. The molecule has 1 aliphatic carbocycles. The summed E-state index contributed by atoms with van der Waals surface area (Å²) in [4.78, 5) is 23.1. The molecule has 0 aromatic heterocycles. The van der Waals surface area contributed by atoms with Crippen molar-refractivity contribution in [1.29, 1.82) is 0 Å². The minimum atomic E-state index is -0.412. The number of rotatable bonds is 10. The minimum Gasteiger partial charge on any atom is -0.456 e. The standard InChI is InChI=1S/C27H36O7/c1-19(2)13-14-22-26(4,34-22)25-24(30-5)21(15-16-27(25)18-32-27)33-23(29)12-10-8-6-7-9-11-17-31-20(3)28/h6-13,17,21-22,24-25H,14-16,18H2,1-5H3/b8-6+,9-7+,12-10+,17-11+/t21-,22-,24-,25-,26?,27+/m1/s1. The van der Waals surface area contributed by atoms with Gasteiger partial charge in [0.15, 0.2) is 0 Å². The summed E-state index contributed by atoms with van der Waals surface area (Å²) in [5.41, 5.74) is 0.666. The highest BCUT2D eigenvalue weighted by Crippen LogP contribution is 2.59. The Morgan fingerprint density at radius 1 is 1.06 bits per heavy atom. The van der Waals surface area contributed by atoms with E-state index in [0.717, 1.165) is 12.8 Å².